The van der Waals surface area contributed by atoms with Gasteiger partial charge >= 0.3 is 0 Å². The highest BCUT2D eigenvalue weighted by Crippen LogP contribution is 2.22. The highest BCUT2D eigenvalue weighted by molar-refractivity contribution is 5.97. The minimum absolute atomic E-state index is 0.0246. The van der Waals surface area contributed by atoms with Crippen LogP contribution in [-0.2, 0) is 6.42 Å². The summed E-state index contributed by atoms with van der Waals surface area (Å²) in [4.78, 5) is 12.3. The molecule has 1 aromatic heterocycles. The van der Waals surface area contributed by atoms with Crippen LogP contribution in [0.15, 0.2) is 71.1 Å². The van der Waals surface area contributed by atoms with Gasteiger partial charge in [-0.15, -0.1) is 0 Å². The second-order valence-corrected chi connectivity index (χ2v) is 4.96. The fourth-order valence-corrected chi connectivity index (χ4v) is 2.27. The van der Waals surface area contributed by atoms with E-state index >= 15 is 0 Å². The molecule has 0 radical (unpaired) electrons. The molecule has 0 aliphatic heterocycles. The maximum atomic E-state index is 12.3. The Morgan fingerprint density at radius 1 is 0.955 bits per heavy atom. The van der Waals surface area contributed by atoms with Crippen LogP contribution in [0.1, 0.15) is 16.1 Å². The van der Waals surface area contributed by atoms with Gasteiger partial charge in [0.1, 0.15) is 17.3 Å². The summed E-state index contributed by atoms with van der Waals surface area (Å²) >= 11 is 0. The number of carbonyl (C=O) groups excluding carboxylic acids is 1. The minimum Gasteiger partial charge on any atom is -0.497 e. The highest BCUT2D eigenvalue weighted by Gasteiger charge is 2.11. The normalized spacial score (nSPS) is 10.4. The zero-order valence-corrected chi connectivity index (χ0v) is 12.3. The van der Waals surface area contributed by atoms with Crippen LogP contribution in [0.25, 0.3) is 11.3 Å². The van der Waals surface area contributed by atoms with Gasteiger partial charge in [-0.25, -0.2) is 0 Å². The van der Waals surface area contributed by atoms with E-state index in [1.54, 1.807) is 31.4 Å². The summed E-state index contributed by atoms with van der Waals surface area (Å²) in [6, 6.07) is 20.7. The fourth-order valence-electron chi connectivity index (χ4n) is 2.27. The maximum absolute atomic E-state index is 12.3. The lowest BCUT2D eigenvalue weighted by Crippen LogP contribution is -2.02. The Balaban J connectivity index is 1.73. The topological polar surface area (TPSA) is 39.4 Å². The summed E-state index contributed by atoms with van der Waals surface area (Å²) in [5.41, 5.74) is 1.66. The molecule has 1 heterocycles. The summed E-state index contributed by atoms with van der Waals surface area (Å²) in [5, 5.41) is 0. The molecule has 0 aliphatic rings. The second kappa shape index (κ2) is 6.31. The molecular formula is C19H16O3. The van der Waals surface area contributed by atoms with Crippen molar-refractivity contribution >= 4 is 5.78 Å². The molecule has 0 atom stereocenters. The van der Waals surface area contributed by atoms with Crippen molar-refractivity contribution in [3.63, 3.8) is 0 Å². The summed E-state index contributed by atoms with van der Waals surface area (Å²) in [7, 11) is 1.60. The molecule has 3 rings (SSSR count). The average molecular weight is 292 g/mol. The van der Waals surface area contributed by atoms with Crippen LogP contribution < -0.4 is 4.74 Å². The van der Waals surface area contributed by atoms with Crippen LogP contribution in [0.5, 0.6) is 5.75 Å². The van der Waals surface area contributed by atoms with Crippen molar-refractivity contribution < 1.29 is 13.9 Å². The van der Waals surface area contributed by atoms with Crippen molar-refractivity contribution in [2.45, 2.75) is 6.42 Å². The molecule has 0 amide bonds. The summed E-state index contributed by atoms with van der Waals surface area (Å²) in [5.74, 6) is 2.20. The van der Waals surface area contributed by atoms with Crippen LogP contribution in [-0.4, -0.2) is 12.9 Å². The number of hydrogen-bond acceptors (Lipinski definition) is 3. The van der Waals surface area contributed by atoms with E-state index in [0.717, 1.165) is 17.1 Å². The minimum atomic E-state index is 0.0246. The number of methoxy groups -OCH3 is 1. The van der Waals surface area contributed by atoms with Crippen LogP contribution in [0.3, 0.4) is 0 Å². The maximum Gasteiger partial charge on any atom is 0.170 e. The highest BCUT2D eigenvalue weighted by atomic mass is 16.5. The second-order valence-electron chi connectivity index (χ2n) is 4.96. The number of Topliss-reactive ketones (excluding diaryl/α,β-unsaturated/α-hetero) is 1. The number of ether oxygens (including phenoxy) is 1. The van der Waals surface area contributed by atoms with Gasteiger partial charge in [-0.05, 0) is 36.4 Å². The van der Waals surface area contributed by atoms with Crippen molar-refractivity contribution in [3.05, 3.63) is 78.1 Å². The largest absolute Gasteiger partial charge is 0.497 e. The first-order chi connectivity index (χ1) is 10.8. The zero-order valence-electron chi connectivity index (χ0n) is 12.3. The van der Waals surface area contributed by atoms with Crippen molar-refractivity contribution in [2.24, 2.45) is 0 Å². The molecule has 0 unspecified atom stereocenters. The number of furan rings is 1. The molecule has 22 heavy (non-hydrogen) atoms. The number of hydrogen-bond donors (Lipinski definition) is 0. The lowest BCUT2D eigenvalue weighted by molar-refractivity contribution is 0.0987. The van der Waals surface area contributed by atoms with E-state index in [2.05, 4.69) is 0 Å². The van der Waals surface area contributed by atoms with Gasteiger partial charge < -0.3 is 9.15 Å². The lowest BCUT2D eigenvalue weighted by atomic mass is 10.1. The molecule has 3 nitrogen and oxygen atoms in total. The van der Waals surface area contributed by atoms with E-state index in [9.17, 15) is 4.79 Å². The summed E-state index contributed by atoms with van der Waals surface area (Å²) < 4.78 is 10.9. The number of rotatable bonds is 5. The molecule has 2 aromatic carbocycles. The van der Waals surface area contributed by atoms with Crippen molar-refractivity contribution in [3.8, 4) is 17.1 Å². The van der Waals surface area contributed by atoms with E-state index in [0.29, 0.717) is 11.3 Å². The van der Waals surface area contributed by atoms with E-state index in [4.69, 9.17) is 9.15 Å². The zero-order chi connectivity index (χ0) is 15.4. The van der Waals surface area contributed by atoms with Crippen LogP contribution in [0.2, 0.25) is 0 Å². The van der Waals surface area contributed by atoms with Crippen LogP contribution in [0, 0.1) is 0 Å². The van der Waals surface area contributed by atoms with Gasteiger partial charge in [-0.1, -0.05) is 30.3 Å². The van der Waals surface area contributed by atoms with Crippen molar-refractivity contribution in [2.75, 3.05) is 7.11 Å². The molecule has 0 aliphatic carbocycles. The van der Waals surface area contributed by atoms with Crippen LogP contribution in [0.4, 0.5) is 0 Å². The van der Waals surface area contributed by atoms with Crippen molar-refractivity contribution in [1.29, 1.82) is 0 Å². The van der Waals surface area contributed by atoms with Gasteiger partial charge in [-0.2, -0.15) is 0 Å². The Labute approximate surface area is 129 Å². The first kappa shape index (κ1) is 14.1. The molecule has 110 valence electrons. The van der Waals surface area contributed by atoms with Crippen molar-refractivity contribution in [1.82, 2.24) is 0 Å². The lowest BCUT2D eigenvalue weighted by Gasteiger charge is -2.02. The van der Waals surface area contributed by atoms with Gasteiger partial charge in [0.25, 0.3) is 0 Å². The van der Waals surface area contributed by atoms with Gasteiger partial charge in [0.2, 0.25) is 0 Å². The molecule has 0 spiro atoms. The first-order valence-electron chi connectivity index (χ1n) is 7.07. The van der Waals surface area contributed by atoms with Gasteiger partial charge in [0.05, 0.1) is 13.5 Å². The molecule has 3 heteroatoms. The summed E-state index contributed by atoms with van der Waals surface area (Å²) in [6.45, 7) is 0. The molecule has 0 saturated carbocycles. The molecule has 0 fully saturated rings. The molecule has 0 N–H and O–H groups in total. The Morgan fingerprint density at radius 3 is 2.36 bits per heavy atom. The Kier molecular flexibility index (Phi) is 4.05. The van der Waals surface area contributed by atoms with E-state index in [1.165, 1.54) is 0 Å². The van der Waals surface area contributed by atoms with Gasteiger partial charge in [0, 0.05) is 11.1 Å². The first-order valence-corrected chi connectivity index (χ1v) is 7.07. The van der Waals surface area contributed by atoms with E-state index < -0.39 is 0 Å². The molecular weight excluding hydrogens is 276 g/mol. The Hall–Kier alpha value is -2.81. The monoisotopic (exact) mass is 292 g/mol. The quantitative estimate of drug-likeness (QED) is 0.655. The number of ketones is 1. The smallest absolute Gasteiger partial charge is 0.170 e. The predicted octanol–water partition coefficient (Wildman–Crippen LogP) is 4.38. The third-order valence-electron chi connectivity index (χ3n) is 3.47. The summed E-state index contributed by atoms with van der Waals surface area (Å²) in [6.07, 6.45) is 0.249. The SMILES string of the molecule is COc1ccc(C(=O)Cc2ccc(-c3ccccc3)o2)cc1. The number of carbonyl (C=O) groups is 1. The number of benzene rings is 2. The van der Waals surface area contributed by atoms with E-state index in [1.807, 2.05) is 42.5 Å². The van der Waals surface area contributed by atoms with Gasteiger partial charge in [-0.3, -0.25) is 4.79 Å². The average Bonchev–Trinajstić information content (AvgIpc) is 3.04. The third kappa shape index (κ3) is 3.09. The molecule has 3 aromatic rings. The Bertz CT molecular complexity index is 755. The van der Waals surface area contributed by atoms with Crippen LogP contribution >= 0.6 is 0 Å². The Morgan fingerprint density at radius 2 is 1.68 bits per heavy atom. The molecule has 0 bridgehead atoms. The molecule has 0 saturated heterocycles. The predicted molar refractivity (Wildman–Crippen MR) is 85.2 cm³/mol. The fraction of sp³-hybridized carbons (Fsp3) is 0.105. The standard InChI is InChI=1S/C19H16O3/c1-21-16-9-7-14(8-10-16)18(20)13-17-11-12-19(22-17)15-5-3-2-4-6-15/h2-12H,13H2,1H3. The van der Waals surface area contributed by atoms with E-state index in [-0.39, 0.29) is 12.2 Å². The third-order valence-corrected chi connectivity index (χ3v) is 3.47. The van der Waals surface area contributed by atoms with Gasteiger partial charge in [0.15, 0.2) is 5.78 Å².